The number of nitrogens with zero attached hydrogens (tertiary/aromatic N) is 4. The van der Waals surface area contributed by atoms with Crippen LogP contribution in [-0.2, 0) is 19.1 Å². The SMILES string of the molecule is C[C@H](Nc1c(C#N)c(Cl)nc2c1cnn2C1O[C@H](CS(=O)(=O)CP(=O)(O)O)[C@@H](O)[C@H]1O)c1ccc(F)cc1. The van der Waals surface area contributed by atoms with Crippen molar-refractivity contribution in [2.75, 3.05) is 16.6 Å². The van der Waals surface area contributed by atoms with Crippen molar-refractivity contribution >= 4 is 45.8 Å². The van der Waals surface area contributed by atoms with Gasteiger partial charge in [0.05, 0.1) is 23.0 Å². The molecule has 1 aliphatic rings. The molecular weight excluding hydrogens is 568 g/mol. The molecule has 38 heavy (non-hydrogen) atoms. The maximum Gasteiger partial charge on any atom is 0.340 e. The first kappa shape index (κ1) is 28.3. The van der Waals surface area contributed by atoms with E-state index < -0.39 is 65.1 Å². The number of nitrogens with one attached hydrogen (secondary N) is 1. The van der Waals surface area contributed by atoms with Crippen molar-refractivity contribution in [3.8, 4) is 6.07 Å². The van der Waals surface area contributed by atoms with Gasteiger partial charge in [-0.25, -0.2) is 22.5 Å². The summed E-state index contributed by atoms with van der Waals surface area (Å²) >= 11 is 6.27. The van der Waals surface area contributed by atoms with Crippen LogP contribution in [0.2, 0.25) is 5.15 Å². The molecule has 4 rings (SSSR count). The van der Waals surface area contributed by atoms with Crippen molar-refractivity contribution in [3.63, 3.8) is 0 Å². The van der Waals surface area contributed by atoms with E-state index in [0.717, 1.165) is 4.68 Å². The number of aliphatic hydroxyl groups excluding tert-OH is 2. The van der Waals surface area contributed by atoms with E-state index in [1.807, 2.05) is 6.07 Å². The number of hydrogen-bond acceptors (Lipinski definition) is 10. The lowest BCUT2D eigenvalue weighted by molar-refractivity contribution is -0.0364. The van der Waals surface area contributed by atoms with Gasteiger partial charge in [-0.1, -0.05) is 23.7 Å². The summed E-state index contributed by atoms with van der Waals surface area (Å²) in [5.74, 6) is -1.39. The van der Waals surface area contributed by atoms with E-state index in [-0.39, 0.29) is 27.4 Å². The third-order valence-corrected chi connectivity index (χ3v) is 9.93. The van der Waals surface area contributed by atoms with Gasteiger partial charge < -0.3 is 30.1 Å². The smallest absolute Gasteiger partial charge is 0.340 e. The van der Waals surface area contributed by atoms with Crippen molar-refractivity contribution < 1.29 is 42.1 Å². The lowest BCUT2D eigenvalue weighted by atomic mass is 10.1. The third-order valence-electron chi connectivity index (χ3n) is 5.90. The molecule has 5 N–H and O–H groups in total. The van der Waals surface area contributed by atoms with Crippen LogP contribution in [-0.4, -0.2) is 72.7 Å². The summed E-state index contributed by atoms with van der Waals surface area (Å²) in [6.07, 6.45) is -5.11. The standard InChI is InChI=1S/C21H22ClFN5O8PS/c1-10(11-2-4-12(23)5-3-11)26-16-13(6-24)19(22)27-20-14(16)7-25-28(20)21-18(30)17(29)15(36-21)8-38(34,35)9-37(31,32)33/h2-5,7,10,15,17-18,21,29-30H,8-9H2,1H3,(H,26,27)(H2,31,32,33)/t10-,15+,17+,18+,21?/m0/s1. The molecular formula is C21H22ClFN5O8PS. The predicted octanol–water partition coefficient (Wildman–Crippen LogP) is 1.44. The van der Waals surface area contributed by atoms with E-state index in [2.05, 4.69) is 15.4 Å². The summed E-state index contributed by atoms with van der Waals surface area (Å²) in [7, 11) is -9.29. The Morgan fingerprint density at radius 3 is 2.55 bits per heavy atom. The number of aliphatic hydroxyl groups is 2. The van der Waals surface area contributed by atoms with Crippen molar-refractivity contribution in [1.82, 2.24) is 14.8 Å². The van der Waals surface area contributed by atoms with E-state index in [1.54, 1.807) is 19.1 Å². The Balaban J connectivity index is 1.68. The maximum absolute atomic E-state index is 13.3. The monoisotopic (exact) mass is 589 g/mol. The fraction of sp³-hybridized carbons (Fsp3) is 0.381. The minimum atomic E-state index is -4.91. The second-order valence-electron chi connectivity index (χ2n) is 8.76. The van der Waals surface area contributed by atoms with E-state index in [0.29, 0.717) is 5.56 Å². The number of ether oxygens (including phenoxy) is 1. The minimum absolute atomic E-state index is 0.0120. The highest BCUT2D eigenvalue weighted by Gasteiger charge is 2.47. The first-order valence-corrected chi connectivity index (χ1v) is 15.0. The Morgan fingerprint density at radius 1 is 1.29 bits per heavy atom. The quantitative estimate of drug-likeness (QED) is 0.187. The molecule has 0 aliphatic carbocycles. The molecule has 0 amide bonds. The molecule has 204 valence electrons. The number of nitriles is 1. The Morgan fingerprint density at radius 2 is 1.95 bits per heavy atom. The van der Waals surface area contributed by atoms with Crippen LogP contribution in [0.4, 0.5) is 10.1 Å². The van der Waals surface area contributed by atoms with Gasteiger partial charge >= 0.3 is 7.60 Å². The van der Waals surface area contributed by atoms with Crippen LogP contribution < -0.4 is 5.32 Å². The Bertz CT molecular complexity index is 1560. The third kappa shape index (κ3) is 5.83. The molecule has 3 heterocycles. The number of sulfone groups is 1. The zero-order valence-electron chi connectivity index (χ0n) is 19.5. The molecule has 5 atom stereocenters. The summed E-state index contributed by atoms with van der Waals surface area (Å²) in [6, 6.07) is 7.23. The van der Waals surface area contributed by atoms with Gasteiger partial charge in [0.2, 0.25) is 0 Å². The summed E-state index contributed by atoms with van der Waals surface area (Å²) in [4.78, 5) is 22.2. The molecule has 1 fully saturated rings. The van der Waals surface area contributed by atoms with Gasteiger partial charge in [0.1, 0.15) is 35.8 Å². The van der Waals surface area contributed by atoms with Crippen LogP contribution in [0.3, 0.4) is 0 Å². The number of hydrogen-bond donors (Lipinski definition) is 5. The van der Waals surface area contributed by atoms with Crippen LogP contribution >= 0.6 is 19.2 Å². The molecule has 1 saturated heterocycles. The molecule has 1 aromatic carbocycles. The number of rotatable bonds is 8. The summed E-state index contributed by atoms with van der Waals surface area (Å²) < 4.78 is 55.5. The molecule has 0 radical (unpaired) electrons. The number of pyridine rings is 1. The van der Waals surface area contributed by atoms with E-state index in [4.69, 9.17) is 26.1 Å². The van der Waals surface area contributed by atoms with E-state index in [9.17, 15) is 32.8 Å². The molecule has 0 saturated carbocycles. The average Bonchev–Trinajstić information content (AvgIpc) is 3.33. The molecule has 0 bridgehead atoms. The lowest BCUT2D eigenvalue weighted by Crippen LogP contribution is -2.36. The van der Waals surface area contributed by atoms with Gasteiger partial charge in [-0.3, -0.25) is 4.57 Å². The summed E-state index contributed by atoms with van der Waals surface area (Å²) in [6.45, 7) is 1.77. The second-order valence-corrected chi connectivity index (χ2v) is 13.3. The van der Waals surface area contributed by atoms with Gasteiger partial charge in [0.15, 0.2) is 32.4 Å². The Labute approximate surface area is 220 Å². The molecule has 1 aliphatic heterocycles. The number of fused-ring (bicyclic) bond motifs is 1. The first-order chi connectivity index (χ1) is 17.7. The van der Waals surface area contributed by atoms with Crippen LogP contribution in [0.25, 0.3) is 11.0 Å². The van der Waals surface area contributed by atoms with Crippen molar-refractivity contribution in [1.29, 1.82) is 5.26 Å². The number of halogens is 2. The van der Waals surface area contributed by atoms with Crippen LogP contribution in [0.1, 0.15) is 30.3 Å². The summed E-state index contributed by atoms with van der Waals surface area (Å²) in [5, 5.41) is 38.1. The highest BCUT2D eigenvalue weighted by Crippen LogP contribution is 2.39. The maximum atomic E-state index is 13.3. The normalized spacial score (nSPS) is 22.9. The van der Waals surface area contributed by atoms with Gasteiger partial charge in [-0.05, 0) is 24.6 Å². The Hall–Kier alpha value is -2.67. The minimum Gasteiger partial charge on any atom is -0.387 e. The van der Waals surface area contributed by atoms with Crippen molar-refractivity contribution in [2.45, 2.75) is 37.5 Å². The molecule has 1 unspecified atom stereocenters. The topological polar surface area (TPSA) is 208 Å². The first-order valence-electron chi connectivity index (χ1n) is 11.0. The number of benzene rings is 1. The van der Waals surface area contributed by atoms with E-state index in [1.165, 1.54) is 18.3 Å². The fourth-order valence-electron chi connectivity index (χ4n) is 4.15. The second kappa shape index (κ2) is 10.5. The fourth-order valence-corrected chi connectivity index (χ4v) is 7.61. The number of aromatic nitrogens is 3. The number of anilines is 1. The van der Waals surface area contributed by atoms with E-state index >= 15 is 0 Å². The summed E-state index contributed by atoms with van der Waals surface area (Å²) in [5.41, 5.74) is -0.507. The highest BCUT2D eigenvalue weighted by atomic mass is 35.5. The van der Waals surface area contributed by atoms with Crippen LogP contribution in [0.5, 0.6) is 0 Å². The largest absolute Gasteiger partial charge is 0.387 e. The van der Waals surface area contributed by atoms with Crippen LogP contribution in [0, 0.1) is 17.1 Å². The molecule has 3 aromatic rings. The lowest BCUT2D eigenvalue weighted by Gasteiger charge is -2.19. The van der Waals surface area contributed by atoms with Gasteiger partial charge in [0, 0.05) is 6.04 Å². The highest BCUT2D eigenvalue weighted by molar-refractivity contribution is 7.97. The van der Waals surface area contributed by atoms with Crippen LogP contribution in [0.15, 0.2) is 30.5 Å². The van der Waals surface area contributed by atoms with Gasteiger partial charge in [0.25, 0.3) is 0 Å². The zero-order chi connectivity index (χ0) is 28.0. The zero-order valence-corrected chi connectivity index (χ0v) is 22.0. The van der Waals surface area contributed by atoms with Crippen molar-refractivity contribution in [2.24, 2.45) is 0 Å². The average molecular weight is 590 g/mol. The molecule has 2 aromatic heterocycles. The van der Waals surface area contributed by atoms with Gasteiger partial charge in [-0.2, -0.15) is 10.4 Å². The van der Waals surface area contributed by atoms with Gasteiger partial charge in [-0.15, -0.1) is 0 Å². The predicted molar refractivity (Wildman–Crippen MR) is 132 cm³/mol. The van der Waals surface area contributed by atoms with Crippen molar-refractivity contribution in [3.05, 3.63) is 52.6 Å². The molecule has 17 heteroatoms. The Kier molecular flexibility index (Phi) is 7.81. The molecule has 0 spiro atoms. The molecule has 13 nitrogen and oxygen atoms in total.